The van der Waals surface area contributed by atoms with Crippen LogP contribution in [0.5, 0.6) is 5.75 Å². The maximum absolute atomic E-state index is 12.7. The van der Waals surface area contributed by atoms with E-state index in [9.17, 15) is 14.7 Å². The predicted octanol–water partition coefficient (Wildman–Crippen LogP) is 15.9. The van der Waals surface area contributed by atoms with E-state index in [0.29, 0.717) is 30.8 Å². The largest absolute Gasteiger partial charge is 0.507 e. The molecule has 2 atom stereocenters. The van der Waals surface area contributed by atoms with Gasteiger partial charge in [0.2, 0.25) is 0 Å². The van der Waals surface area contributed by atoms with Gasteiger partial charge in [-0.05, 0) is 30.5 Å². The Kier molecular flexibility index (Phi) is 36.8. The minimum Gasteiger partial charge on any atom is -0.507 e. The number of phenols is 1. The van der Waals surface area contributed by atoms with Gasteiger partial charge in [-0.1, -0.05) is 206 Å². The van der Waals surface area contributed by atoms with Crippen molar-refractivity contribution in [3.63, 3.8) is 0 Å². The zero-order chi connectivity index (χ0) is 42.3. The molecule has 58 heavy (non-hydrogen) atoms. The highest BCUT2D eigenvalue weighted by atomic mass is 32.1. The summed E-state index contributed by atoms with van der Waals surface area (Å²) >= 11 is 9.37. The third kappa shape index (κ3) is 30.3. The van der Waals surface area contributed by atoms with E-state index in [1.807, 2.05) is 0 Å². The van der Waals surface area contributed by atoms with E-state index in [1.54, 1.807) is 12.1 Å². The van der Waals surface area contributed by atoms with E-state index < -0.39 is 10.5 Å². The van der Waals surface area contributed by atoms with Crippen LogP contribution in [-0.4, -0.2) is 30.3 Å². The van der Waals surface area contributed by atoms with Gasteiger partial charge in [0.05, 0.1) is 26.1 Å². The summed E-state index contributed by atoms with van der Waals surface area (Å²) in [6, 6.07) is 3.57. The van der Waals surface area contributed by atoms with Gasteiger partial charge in [-0.25, -0.2) is 0 Å². The average Bonchev–Trinajstić information content (AvgIpc) is 3.20. The zero-order valence-corrected chi connectivity index (χ0v) is 39.3. The molecule has 7 heteroatoms. The van der Waals surface area contributed by atoms with Crippen molar-refractivity contribution in [3.05, 3.63) is 28.8 Å². The average molecular weight is 845 g/mol. The predicted molar refractivity (Wildman–Crippen MR) is 254 cm³/mol. The van der Waals surface area contributed by atoms with Crippen molar-refractivity contribution in [1.29, 1.82) is 0 Å². The first-order chi connectivity index (χ1) is 28.3. The molecule has 0 aromatic heterocycles. The van der Waals surface area contributed by atoms with E-state index in [-0.39, 0.29) is 30.5 Å². The van der Waals surface area contributed by atoms with Crippen LogP contribution in [0.3, 0.4) is 0 Å². The Morgan fingerprint density at radius 2 is 0.776 bits per heavy atom. The maximum atomic E-state index is 12.7. The first-order valence-corrected chi connectivity index (χ1v) is 25.3. The van der Waals surface area contributed by atoms with E-state index in [2.05, 4.69) is 45.0 Å². The number of thiol groups is 2. The van der Waals surface area contributed by atoms with Crippen molar-refractivity contribution < 1.29 is 24.2 Å². The molecule has 0 aliphatic heterocycles. The molecule has 1 aromatic rings. The third-order valence-electron chi connectivity index (χ3n) is 11.5. The van der Waals surface area contributed by atoms with Crippen LogP contribution in [0.15, 0.2) is 12.1 Å². The molecule has 5 nitrogen and oxygen atoms in total. The Hall–Kier alpha value is -1.78. The Balaban J connectivity index is 2.25. The zero-order valence-electron chi connectivity index (χ0n) is 37.5. The van der Waals surface area contributed by atoms with Gasteiger partial charge in [-0.2, -0.15) is 25.3 Å². The van der Waals surface area contributed by atoms with Crippen LogP contribution in [0.4, 0.5) is 0 Å². The standard InChI is InChI=1S/C51H88O5S2/c1-4-7-9-11-13-15-17-19-21-23-25-27-29-31-33-35-38-55-49(52)42-47(57)45-40-44(37-6-3)41-46(51(45)54)48(58)43-50(53)56-39-36-34-32-30-28-26-24-22-20-18-16-14-12-10-8-5-2/h3,40-41,47-48,54,57-58H,4-5,7-39,42-43H2,1-2H3. The highest BCUT2D eigenvalue weighted by Crippen LogP contribution is 2.40. The highest BCUT2D eigenvalue weighted by Gasteiger charge is 2.24. The second kappa shape index (κ2) is 39.4. The van der Waals surface area contributed by atoms with E-state index in [0.717, 1.165) is 31.2 Å². The minimum atomic E-state index is -0.586. The molecular formula is C51H88O5S2. The Morgan fingerprint density at radius 3 is 1.03 bits per heavy atom. The van der Waals surface area contributed by atoms with Gasteiger partial charge in [0, 0.05) is 28.0 Å². The number of rotatable bonds is 41. The summed E-state index contributed by atoms with van der Waals surface area (Å²) in [6.45, 7) is 5.34. The number of carbonyl (C=O) groups is 2. The van der Waals surface area contributed by atoms with Crippen LogP contribution >= 0.6 is 25.3 Å². The Labute approximate surface area is 369 Å². The summed E-state index contributed by atoms with van der Waals surface area (Å²) in [5.41, 5.74) is 1.78. The monoisotopic (exact) mass is 845 g/mol. The number of carbonyl (C=O) groups excluding carboxylic acids is 2. The van der Waals surface area contributed by atoms with Crippen molar-refractivity contribution in [2.45, 2.75) is 249 Å². The third-order valence-corrected chi connectivity index (χ3v) is 12.4. The molecule has 1 N–H and O–H groups in total. The molecule has 0 saturated heterocycles. The van der Waals surface area contributed by atoms with Gasteiger partial charge in [0.1, 0.15) is 5.75 Å². The number of hydrogen-bond acceptors (Lipinski definition) is 7. The lowest BCUT2D eigenvalue weighted by Crippen LogP contribution is -2.11. The summed E-state index contributed by atoms with van der Waals surface area (Å²) in [4.78, 5) is 25.4. The normalized spacial score (nSPS) is 12.3. The summed E-state index contributed by atoms with van der Waals surface area (Å²) in [5.74, 6) is 1.95. The van der Waals surface area contributed by atoms with Gasteiger partial charge in [-0.15, -0.1) is 12.3 Å². The lowest BCUT2D eigenvalue weighted by molar-refractivity contribution is -0.144. The van der Waals surface area contributed by atoms with Gasteiger partial charge in [0.25, 0.3) is 0 Å². The van der Waals surface area contributed by atoms with Crippen LogP contribution in [0.1, 0.15) is 259 Å². The molecule has 0 bridgehead atoms. The first kappa shape index (κ1) is 54.2. The number of unbranched alkanes of at least 4 members (excludes halogenated alkanes) is 30. The van der Waals surface area contributed by atoms with E-state index in [4.69, 9.17) is 15.9 Å². The number of ether oxygens (including phenoxy) is 2. The molecule has 0 aliphatic rings. The van der Waals surface area contributed by atoms with Crippen LogP contribution in [0.25, 0.3) is 0 Å². The minimum absolute atomic E-state index is 0.0167. The van der Waals surface area contributed by atoms with Crippen LogP contribution in [0, 0.1) is 12.3 Å². The lowest BCUT2D eigenvalue weighted by atomic mass is 9.96. The van der Waals surface area contributed by atoms with Gasteiger partial charge >= 0.3 is 11.9 Å². The molecule has 1 aromatic carbocycles. The second-order valence-corrected chi connectivity index (χ2v) is 18.2. The fraction of sp³-hybridized carbons (Fsp3) is 0.804. The maximum Gasteiger partial charge on any atom is 0.307 e. The van der Waals surface area contributed by atoms with Crippen LogP contribution in [0.2, 0.25) is 0 Å². The second-order valence-electron chi connectivity index (χ2n) is 17.0. The van der Waals surface area contributed by atoms with Crippen LogP contribution in [-0.2, 0) is 25.5 Å². The fourth-order valence-corrected chi connectivity index (χ4v) is 8.49. The van der Waals surface area contributed by atoms with Crippen molar-refractivity contribution in [2.75, 3.05) is 13.2 Å². The van der Waals surface area contributed by atoms with Crippen LogP contribution < -0.4 is 0 Å². The van der Waals surface area contributed by atoms with E-state index in [1.165, 1.54) is 180 Å². The molecule has 0 heterocycles. The molecule has 334 valence electrons. The van der Waals surface area contributed by atoms with Gasteiger partial charge in [-0.3, -0.25) is 9.59 Å². The fourth-order valence-electron chi connectivity index (χ4n) is 7.80. The van der Waals surface area contributed by atoms with Crippen molar-refractivity contribution in [2.24, 2.45) is 0 Å². The SMILES string of the molecule is C#CCc1cc(C(S)CC(=O)OCCCCCCCCCCCCCCCCCC)c(O)c(C(S)CC(=O)OCCCCCCCCCCCCCCCCCC)c1. The molecular weight excluding hydrogens is 757 g/mol. The first-order valence-electron chi connectivity index (χ1n) is 24.3. The molecule has 0 spiro atoms. The highest BCUT2D eigenvalue weighted by molar-refractivity contribution is 7.80. The number of phenolic OH excluding ortho intramolecular Hbond substituents is 1. The number of esters is 2. The Morgan fingerprint density at radius 1 is 0.517 bits per heavy atom. The van der Waals surface area contributed by atoms with Crippen molar-refractivity contribution >= 4 is 37.2 Å². The molecule has 2 unspecified atom stereocenters. The number of benzene rings is 1. The van der Waals surface area contributed by atoms with Crippen molar-refractivity contribution in [1.82, 2.24) is 0 Å². The van der Waals surface area contributed by atoms with E-state index >= 15 is 0 Å². The topological polar surface area (TPSA) is 72.8 Å². The summed E-state index contributed by atoms with van der Waals surface area (Å²) in [5, 5.41) is 10.1. The molecule has 1 rings (SSSR count). The molecule has 0 aliphatic carbocycles. The summed E-state index contributed by atoms with van der Waals surface area (Å²) < 4.78 is 11.1. The number of terminal acetylenes is 1. The summed E-state index contributed by atoms with van der Waals surface area (Å²) in [7, 11) is 0. The molecule has 0 radical (unpaired) electrons. The van der Waals surface area contributed by atoms with Crippen molar-refractivity contribution in [3.8, 4) is 18.1 Å². The smallest absolute Gasteiger partial charge is 0.307 e. The summed E-state index contributed by atoms with van der Waals surface area (Å²) in [6.07, 6.45) is 47.5. The lowest BCUT2D eigenvalue weighted by Gasteiger charge is -2.20. The van der Waals surface area contributed by atoms with Gasteiger partial charge < -0.3 is 14.6 Å². The Bertz CT molecular complexity index is 1100. The number of hydrogen-bond donors (Lipinski definition) is 3. The van der Waals surface area contributed by atoms with Gasteiger partial charge in [0.15, 0.2) is 0 Å². The number of aromatic hydroxyl groups is 1. The molecule has 0 amide bonds. The molecule has 0 saturated carbocycles. The quantitative estimate of drug-likeness (QED) is 0.0265. The molecule has 0 fully saturated rings.